The van der Waals surface area contributed by atoms with E-state index < -0.39 is 42.7 Å². The van der Waals surface area contributed by atoms with E-state index in [-0.39, 0.29) is 12.6 Å². The molecule has 0 spiro atoms. The molecule has 1 aliphatic carbocycles. The predicted octanol–water partition coefficient (Wildman–Crippen LogP) is 2.75. The number of halogens is 1. The SMILES string of the molecule is Cc1cc(COC2(c3cnccc3-c3ccccc3OC3COC3)CC2)c(Cl)cc1CCCCNC(=O)NC[C@H](O)[C@@H](O)[C@H](O)[C@H](O)CO. The molecular weight excluding hydrogens is 654 g/mol. The smallest absolute Gasteiger partial charge is 0.314 e. The second-order valence-corrected chi connectivity index (χ2v) is 13.1. The van der Waals surface area contributed by atoms with Gasteiger partial charge in [-0.25, -0.2) is 4.79 Å². The molecule has 266 valence electrons. The minimum absolute atomic E-state index is 0.0559. The fourth-order valence-electron chi connectivity index (χ4n) is 5.82. The molecule has 13 heteroatoms. The Kier molecular flexibility index (Phi) is 12.9. The highest BCUT2D eigenvalue weighted by Gasteiger charge is 2.48. The Morgan fingerprint density at radius 1 is 1.02 bits per heavy atom. The molecule has 1 saturated heterocycles. The Hall–Kier alpha value is -3.33. The number of aliphatic hydroxyl groups excluding tert-OH is 5. The maximum Gasteiger partial charge on any atom is 0.314 e. The Labute approximate surface area is 291 Å². The van der Waals surface area contributed by atoms with Crippen LogP contribution in [0, 0.1) is 6.92 Å². The van der Waals surface area contributed by atoms with Crippen LogP contribution in [0.4, 0.5) is 4.79 Å². The van der Waals surface area contributed by atoms with Crippen LogP contribution < -0.4 is 15.4 Å². The van der Waals surface area contributed by atoms with Gasteiger partial charge in [-0.05, 0) is 79.5 Å². The second-order valence-electron chi connectivity index (χ2n) is 12.7. The monoisotopic (exact) mass is 699 g/mol. The van der Waals surface area contributed by atoms with Gasteiger partial charge in [-0.2, -0.15) is 0 Å². The number of rotatable bonds is 18. The van der Waals surface area contributed by atoms with Crippen molar-refractivity contribution in [3.05, 3.63) is 82.1 Å². The number of nitrogens with zero attached hydrogens (tertiary/aromatic N) is 1. The van der Waals surface area contributed by atoms with Gasteiger partial charge in [-0.3, -0.25) is 4.98 Å². The zero-order chi connectivity index (χ0) is 35.0. The largest absolute Gasteiger partial charge is 0.485 e. The number of hydrogen-bond donors (Lipinski definition) is 7. The van der Waals surface area contributed by atoms with E-state index in [2.05, 4.69) is 27.8 Å². The van der Waals surface area contributed by atoms with Crippen LogP contribution >= 0.6 is 11.6 Å². The van der Waals surface area contributed by atoms with Crippen molar-refractivity contribution in [3.8, 4) is 16.9 Å². The number of carbonyl (C=O) groups excluding carboxylic acids is 1. The van der Waals surface area contributed by atoms with E-state index in [0.717, 1.165) is 64.8 Å². The minimum Gasteiger partial charge on any atom is -0.485 e. The van der Waals surface area contributed by atoms with Gasteiger partial charge in [0.25, 0.3) is 0 Å². The molecule has 12 nitrogen and oxygen atoms in total. The summed E-state index contributed by atoms with van der Waals surface area (Å²) < 4.78 is 18.1. The first-order valence-electron chi connectivity index (χ1n) is 16.7. The van der Waals surface area contributed by atoms with Crippen molar-refractivity contribution in [1.29, 1.82) is 0 Å². The first kappa shape index (κ1) is 36.9. The maximum absolute atomic E-state index is 12.1. The van der Waals surface area contributed by atoms with Crippen LogP contribution in [0.2, 0.25) is 5.02 Å². The van der Waals surface area contributed by atoms with E-state index in [1.807, 2.05) is 43.5 Å². The number of aryl methyl sites for hydroxylation is 2. The number of carbonyl (C=O) groups is 1. The van der Waals surface area contributed by atoms with Crippen molar-refractivity contribution in [2.75, 3.05) is 32.9 Å². The third kappa shape index (κ3) is 9.47. The van der Waals surface area contributed by atoms with Crippen LogP contribution in [0.15, 0.2) is 54.9 Å². The Balaban J connectivity index is 1.10. The lowest BCUT2D eigenvalue weighted by Gasteiger charge is -2.28. The van der Waals surface area contributed by atoms with Crippen molar-refractivity contribution in [2.24, 2.45) is 0 Å². The van der Waals surface area contributed by atoms with E-state index in [0.29, 0.717) is 37.8 Å². The lowest BCUT2D eigenvalue weighted by molar-refractivity contribution is -0.113. The molecule has 5 rings (SSSR count). The third-order valence-electron chi connectivity index (χ3n) is 9.06. The van der Waals surface area contributed by atoms with Crippen molar-refractivity contribution >= 4 is 17.6 Å². The minimum atomic E-state index is -1.75. The summed E-state index contributed by atoms with van der Waals surface area (Å²) in [7, 11) is 0. The summed E-state index contributed by atoms with van der Waals surface area (Å²) in [6.07, 6.45) is 1.15. The van der Waals surface area contributed by atoms with Gasteiger partial charge in [0.1, 0.15) is 30.2 Å². The van der Waals surface area contributed by atoms with E-state index in [1.165, 1.54) is 0 Å². The van der Waals surface area contributed by atoms with Gasteiger partial charge in [-0.1, -0.05) is 35.9 Å². The number of unbranched alkanes of at least 4 members (excludes halogenated alkanes) is 1. The first-order valence-corrected chi connectivity index (χ1v) is 17.0. The summed E-state index contributed by atoms with van der Waals surface area (Å²) in [5.74, 6) is 0.818. The van der Waals surface area contributed by atoms with Gasteiger partial charge in [-0.15, -0.1) is 0 Å². The summed E-state index contributed by atoms with van der Waals surface area (Å²) >= 11 is 6.76. The number of pyridine rings is 1. The number of para-hydroxylation sites is 1. The van der Waals surface area contributed by atoms with E-state index in [4.69, 9.17) is 30.9 Å². The molecule has 2 heterocycles. The van der Waals surface area contributed by atoms with Gasteiger partial charge in [0.05, 0.1) is 38.1 Å². The Morgan fingerprint density at radius 3 is 2.49 bits per heavy atom. The summed E-state index contributed by atoms with van der Waals surface area (Å²) in [5, 5.41) is 53.5. The molecule has 1 aromatic heterocycles. The first-order chi connectivity index (χ1) is 23.6. The van der Waals surface area contributed by atoms with Crippen LogP contribution in [0.3, 0.4) is 0 Å². The number of aliphatic hydroxyl groups is 5. The van der Waals surface area contributed by atoms with E-state index in [1.54, 1.807) is 6.20 Å². The average molecular weight is 700 g/mol. The summed E-state index contributed by atoms with van der Waals surface area (Å²) in [4.78, 5) is 16.5. The zero-order valence-electron chi connectivity index (χ0n) is 27.6. The van der Waals surface area contributed by atoms with Gasteiger partial charge >= 0.3 is 6.03 Å². The lowest BCUT2D eigenvalue weighted by atomic mass is 9.96. The molecule has 7 N–H and O–H groups in total. The summed E-state index contributed by atoms with van der Waals surface area (Å²) in [6, 6.07) is 13.6. The standard InChI is InChI=1S/C36H46ClN3O9/c1-22-14-24(29(37)15-23(22)6-4-5-12-39-35(46)40-17-30(42)33(44)34(45)31(43)18-41)19-48-36(10-11-36)28-16-38-13-9-26(28)27-7-2-3-8-32(27)49-25-20-47-21-25/h2-3,7-9,13-16,25,30-31,33-34,41-45H,4-6,10-12,17-21H2,1H3,(H2,39,40,46)/t30-,31+,33+,34+/m0/s1. The molecule has 0 bridgehead atoms. The topological polar surface area (TPSA) is 183 Å². The maximum atomic E-state index is 12.1. The third-order valence-corrected chi connectivity index (χ3v) is 9.41. The van der Waals surface area contributed by atoms with Crippen LogP contribution in [-0.4, -0.2) is 100.0 Å². The van der Waals surface area contributed by atoms with Crippen molar-refractivity contribution < 1.29 is 44.5 Å². The molecule has 49 heavy (non-hydrogen) atoms. The molecule has 1 saturated carbocycles. The van der Waals surface area contributed by atoms with Crippen molar-refractivity contribution in [1.82, 2.24) is 15.6 Å². The fraction of sp³-hybridized carbons (Fsp3) is 0.500. The molecule has 2 aromatic carbocycles. The number of aromatic nitrogens is 1. The normalized spacial score (nSPS) is 17.8. The number of hydrogen-bond acceptors (Lipinski definition) is 10. The number of amides is 2. The highest BCUT2D eigenvalue weighted by atomic mass is 35.5. The van der Waals surface area contributed by atoms with E-state index in [9.17, 15) is 25.2 Å². The number of ether oxygens (including phenoxy) is 3. The molecule has 1 aliphatic heterocycles. The van der Waals surface area contributed by atoms with Crippen LogP contribution in [0.1, 0.15) is 47.9 Å². The Bertz CT molecular complexity index is 1550. The number of nitrogens with one attached hydrogen (secondary N) is 2. The average Bonchev–Trinajstić information content (AvgIpc) is 3.89. The number of urea groups is 1. The molecule has 2 fully saturated rings. The molecule has 0 radical (unpaired) electrons. The summed E-state index contributed by atoms with van der Waals surface area (Å²) in [6.45, 7) is 2.86. The van der Waals surface area contributed by atoms with Crippen LogP contribution in [0.5, 0.6) is 5.75 Å². The highest BCUT2D eigenvalue weighted by molar-refractivity contribution is 6.31. The molecule has 4 atom stereocenters. The molecule has 2 amide bonds. The molecule has 0 unspecified atom stereocenters. The van der Waals surface area contributed by atoms with E-state index >= 15 is 0 Å². The van der Waals surface area contributed by atoms with Crippen molar-refractivity contribution in [2.45, 2.75) is 81.8 Å². The quantitative estimate of drug-likeness (QED) is 0.0975. The van der Waals surface area contributed by atoms with Gasteiger partial charge in [0.15, 0.2) is 0 Å². The Morgan fingerprint density at radius 2 is 1.78 bits per heavy atom. The fourth-order valence-corrected chi connectivity index (χ4v) is 6.06. The zero-order valence-corrected chi connectivity index (χ0v) is 28.3. The molecular formula is C36H46ClN3O9. The number of benzene rings is 2. The molecule has 2 aliphatic rings. The van der Waals surface area contributed by atoms with Crippen LogP contribution in [0.25, 0.3) is 11.1 Å². The second kappa shape index (κ2) is 17.1. The van der Waals surface area contributed by atoms with Crippen LogP contribution in [-0.2, 0) is 28.1 Å². The summed E-state index contributed by atoms with van der Waals surface area (Å²) in [5.41, 5.74) is 5.76. The van der Waals surface area contributed by atoms with Gasteiger partial charge in [0.2, 0.25) is 0 Å². The highest BCUT2D eigenvalue weighted by Crippen LogP contribution is 2.53. The van der Waals surface area contributed by atoms with Gasteiger partial charge in [0, 0.05) is 41.6 Å². The lowest BCUT2D eigenvalue weighted by Crippen LogP contribution is -2.50. The predicted molar refractivity (Wildman–Crippen MR) is 182 cm³/mol. The van der Waals surface area contributed by atoms with Crippen molar-refractivity contribution in [3.63, 3.8) is 0 Å². The van der Waals surface area contributed by atoms with Gasteiger partial charge < -0.3 is 50.4 Å². The molecule has 3 aromatic rings.